The van der Waals surface area contributed by atoms with E-state index in [1.54, 1.807) is 18.2 Å². The summed E-state index contributed by atoms with van der Waals surface area (Å²) in [6.45, 7) is 2.69. The highest BCUT2D eigenvalue weighted by molar-refractivity contribution is 9.10. The maximum absolute atomic E-state index is 12.6. The Hall–Kier alpha value is -3.01. The molecule has 0 aliphatic carbocycles. The van der Waals surface area contributed by atoms with Crippen LogP contribution in [-0.2, 0) is 6.42 Å². The van der Waals surface area contributed by atoms with E-state index in [9.17, 15) is 14.9 Å². The second-order valence-corrected chi connectivity index (χ2v) is 7.29. The number of hydrogen-bond acceptors (Lipinski definition) is 7. The fraction of sp³-hybridized carbons (Fsp3) is 0.381. The van der Waals surface area contributed by atoms with Crippen molar-refractivity contribution < 1.29 is 28.7 Å². The van der Waals surface area contributed by atoms with Gasteiger partial charge in [-0.3, -0.25) is 14.9 Å². The van der Waals surface area contributed by atoms with Crippen molar-refractivity contribution in [3.05, 3.63) is 50.0 Å². The van der Waals surface area contributed by atoms with Gasteiger partial charge in [0.25, 0.3) is 11.6 Å². The highest BCUT2D eigenvalue weighted by Crippen LogP contribution is 2.37. The number of benzene rings is 2. The Balaban J connectivity index is 2.15. The zero-order valence-electron chi connectivity index (χ0n) is 17.8. The largest absolute Gasteiger partial charge is 0.493 e. The summed E-state index contributed by atoms with van der Waals surface area (Å²) < 4.78 is 22.0. The molecule has 0 aliphatic heterocycles. The van der Waals surface area contributed by atoms with Crippen LogP contribution in [0, 0.1) is 10.1 Å². The van der Waals surface area contributed by atoms with E-state index in [-0.39, 0.29) is 30.3 Å². The highest BCUT2D eigenvalue weighted by Gasteiger charge is 2.20. The molecule has 1 amide bonds. The quantitative estimate of drug-likeness (QED) is 0.367. The van der Waals surface area contributed by atoms with Gasteiger partial charge in [-0.1, -0.05) is 6.92 Å². The van der Waals surface area contributed by atoms with Crippen molar-refractivity contribution in [1.82, 2.24) is 5.32 Å². The molecule has 0 saturated carbocycles. The first kappa shape index (κ1) is 24.3. The first-order chi connectivity index (χ1) is 14.9. The van der Waals surface area contributed by atoms with Crippen LogP contribution < -0.4 is 24.3 Å². The summed E-state index contributed by atoms with van der Waals surface area (Å²) in [5.41, 5.74) is 0.688. The zero-order valence-corrected chi connectivity index (χ0v) is 19.4. The molecule has 168 valence electrons. The summed E-state index contributed by atoms with van der Waals surface area (Å²) in [6, 6.07) is 6.08. The predicted molar refractivity (Wildman–Crippen MR) is 119 cm³/mol. The van der Waals surface area contributed by atoms with E-state index in [2.05, 4.69) is 21.2 Å². The Morgan fingerprint density at radius 3 is 2.29 bits per heavy atom. The summed E-state index contributed by atoms with van der Waals surface area (Å²) in [4.78, 5) is 23.5. The SMILES string of the molecule is CCCOc1c(Br)cc(C(=O)NCCc2cc(OC)c(OC)cc2[N+](=O)[O-])cc1OC. The standard InChI is InChI=1S/C21H25BrN2O7/c1-5-8-31-20-15(22)9-14(11-19(20)30-4)21(25)23-7-6-13-10-17(28-2)18(29-3)12-16(13)24(26)27/h9-12H,5-8H2,1-4H3,(H,23,25). The molecule has 31 heavy (non-hydrogen) atoms. The molecule has 9 nitrogen and oxygen atoms in total. The summed E-state index contributed by atoms with van der Waals surface area (Å²) in [6.07, 6.45) is 1.07. The van der Waals surface area contributed by atoms with E-state index >= 15 is 0 Å². The molecule has 0 bridgehead atoms. The number of halogens is 1. The molecule has 0 unspecified atom stereocenters. The Morgan fingerprint density at radius 2 is 1.71 bits per heavy atom. The van der Waals surface area contributed by atoms with Gasteiger partial charge in [0.15, 0.2) is 23.0 Å². The number of carbonyl (C=O) groups is 1. The Morgan fingerprint density at radius 1 is 1.06 bits per heavy atom. The number of nitrogens with one attached hydrogen (secondary N) is 1. The molecule has 2 aromatic rings. The molecule has 0 spiro atoms. The monoisotopic (exact) mass is 496 g/mol. The van der Waals surface area contributed by atoms with Crippen LogP contribution in [0.3, 0.4) is 0 Å². The molecule has 10 heteroatoms. The average molecular weight is 497 g/mol. The van der Waals surface area contributed by atoms with Crippen molar-refractivity contribution in [2.75, 3.05) is 34.5 Å². The molecule has 1 N–H and O–H groups in total. The van der Waals surface area contributed by atoms with Crippen LogP contribution >= 0.6 is 15.9 Å². The number of methoxy groups -OCH3 is 3. The van der Waals surface area contributed by atoms with Crippen molar-refractivity contribution >= 4 is 27.5 Å². The van der Waals surface area contributed by atoms with Gasteiger partial charge < -0.3 is 24.3 Å². The minimum absolute atomic E-state index is 0.103. The fourth-order valence-electron chi connectivity index (χ4n) is 2.89. The maximum Gasteiger partial charge on any atom is 0.276 e. The number of hydrogen-bond donors (Lipinski definition) is 1. The molecule has 0 heterocycles. The Kier molecular flexibility index (Phi) is 8.92. The van der Waals surface area contributed by atoms with Gasteiger partial charge in [0.1, 0.15) is 0 Å². The van der Waals surface area contributed by atoms with Crippen molar-refractivity contribution in [3.63, 3.8) is 0 Å². The molecule has 0 aromatic heterocycles. The summed E-state index contributed by atoms with van der Waals surface area (Å²) in [5.74, 6) is 1.27. The van der Waals surface area contributed by atoms with E-state index in [1.807, 2.05) is 6.92 Å². The van der Waals surface area contributed by atoms with Gasteiger partial charge in [-0.25, -0.2) is 0 Å². The normalized spacial score (nSPS) is 10.4. The van der Waals surface area contributed by atoms with Gasteiger partial charge in [0, 0.05) is 17.7 Å². The third-order valence-electron chi connectivity index (χ3n) is 4.40. The van der Waals surface area contributed by atoms with Crippen molar-refractivity contribution in [2.24, 2.45) is 0 Å². The van der Waals surface area contributed by atoms with E-state index in [0.717, 1.165) is 6.42 Å². The van der Waals surface area contributed by atoms with E-state index in [1.165, 1.54) is 27.4 Å². The van der Waals surface area contributed by atoms with Gasteiger partial charge in [-0.15, -0.1) is 0 Å². The van der Waals surface area contributed by atoms with Crippen LogP contribution in [0.25, 0.3) is 0 Å². The third-order valence-corrected chi connectivity index (χ3v) is 4.99. The Labute approximate surface area is 188 Å². The molecule has 0 radical (unpaired) electrons. The van der Waals surface area contributed by atoms with Crippen LogP contribution in [0.15, 0.2) is 28.7 Å². The number of nitrogens with zero attached hydrogens (tertiary/aromatic N) is 1. The molecule has 0 aliphatic rings. The summed E-state index contributed by atoms with van der Waals surface area (Å²) >= 11 is 3.41. The first-order valence-corrected chi connectivity index (χ1v) is 10.3. The number of amides is 1. The van der Waals surface area contributed by atoms with E-state index in [4.69, 9.17) is 18.9 Å². The summed E-state index contributed by atoms with van der Waals surface area (Å²) in [5, 5.41) is 14.2. The van der Waals surface area contributed by atoms with Crippen LogP contribution in [0.4, 0.5) is 5.69 Å². The van der Waals surface area contributed by atoms with Crippen LogP contribution in [0.5, 0.6) is 23.0 Å². The Bertz CT molecular complexity index is 950. The second-order valence-electron chi connectivity index (χ2n) is 6.44. The second kappa shape index (κ2) is 11.4. The molecule has 0 saturated heterocycles. The number of nitro benzene ring substituents is 1. The first-order valence-electron chi connectivity index (χ1n) is 9.54. The molecule has 2 rings (SSSR count). The lowest BCUT2D eigenvalue weighted by atomic mass is 10.1. The lowest BCUT2D eigenvalue weighted by Crippen LogP contribution is -2.26. The molecule has 0 fully saturated rings. The smallest absolute Gasteiger partial charge is 0.276 e. The van der Waals surface area contributed by atoms with Gasteiger partial charge >= 0.3 is 0 Å². The van der Waals surface area contributed by atoms with Crippen molar-refractivity contribution in [3.8, 4) is 23.0 Å². The summed E-state index contributed by atoms with van der Waals surface area (Å²) in [7, 11) is 4.36. The maximum atomic E-state index is 12.6. The lowest BCUT2D eigenvalue weighted by Gasteiger charge is -2.14. The topological polar surface area (TPSA) is 109 Å². The van der Waals surface area contributed by atoms with Gasteiger partial charge in [0.2, 0.25) is 0 Å². The molecular weight excluding hydrogens is 472 g/mol. The minimum Gasteiger partial charge on any atom is -0.493 e. The highest BCUT2D eigenvalue weighted by atomic mass is 79.9. The van der Waals surface area contributed by atoms with Crippen molar-refractivity contribution in [2.45, 2.75) is 19.8 Å². The van der Waals surface area contributed by atoms with Gasteiger partial charge in [0.05, 0.1) is 43.4 Å². The predicted octanol–water partition coefficient (Wildman–Crippen LogP) is 4.14. The number of rotatable bonds is 11. The van der Waals surface area contributed by atoms with E-state index < -0.39 is 4.92 Å². The number of carbonyl (C=O) groups excluding carboxylic acids is 1. The van der Waals surface area contributed by atoms with Gasteiger partial charge in [-0.05, 0) is 47.0 Å². The zero-order chi connectivity index (χ0) is 23.0. The lowest BCUT2D eigenvalue weighted by molar-refractivity contribution is -0.385. The van der Waals surface area contributed by atoms with Crippen LogP contribution in [-0.4, -0.2) is 45.3 Å². The third kappa shape index (κ3) is 6.00. The van der Waals surface area contributed by atoms with Crippen LogP contribution in [0.1, 0.15) is 29.3 Å². The van der Waals surface area contributed by atoms with Gasteiger partial charge in [-0.2, -0.15) is 0 Å². The van der Waals surface area contributed by atoms with Crippen molar-refractivity contribution in [1.29, 1.82) is 0 Å². The number of ether oxygens (including phenoxy) is 4. The average Bonchev–Trinajstić information content (AvgIpc) is 2.76. The number of nitro groups is 1. The molecule has 0 atom stereocenters. The minimum atomic E-state index is -0.490. The van der Waals surface area contributed by atoms with E-state index in [0.29, 0.717) is 39.5 Å². The fourth-order valence-corrected chi connectivity index (χ4v) is 3.44. The molecule has 2 aromatic carbocycles. The van der Waals surface area contributed by atoms with Crippen LogP contribution in [0.2, 0.25) is 0 Å². The molecular formula is C21H25BrN2O7.